The van der Waals surface area contributed by atoms with E-state index >= 15 is 0 Å². The van der Waals surface area contributed by atoms with Crippen molar-refractivity contribution in [3.63, 3.8) is 0 Å². The number of nitrogens with one attached hydrogen (secondary N) is 1. The van der Waals surface area contributed by atoms with Gasteiger partial charge in [-0.05, 0) is 42.6 Å². The van der Waals surface area contributed by atoms with Gasteiger partial charge in [-0.2, -0.15) is 0 Å². The second kappa shape index (κ2) is 7.67. The molecule has 0 fully saturated rings. The third-order valence-corrected chi connectivity index (χ3v) is 4.36. The fourth-order valence-electron chi connectivity index (χ4n) is 2.20. The highest BCUT2D eigenvalue weighted by molar-refractivity contribution is 7.09. The van der Waals surface area contributed by atoms with Gasteiger partial charge in [-0.15, -0.1) is 11.3 Å². The minimum absolute atomic E-state index is 0.796. The molecule has 0 spiro atoms. The van der Waals surface area contributed by atoms with Crippen LogP contribution in [0.25, 0.3) is 0 Å². The Kier molecular flexibility index (Phi) is 5.89. The second-order valence-corrected chi connectivity index (χ2v) is 6.12. The molecule has 2 aromatic rings. The van der Waals surface area contributed by atoms with Crippen LogP contribution in [0.3, 0.4) is 0 Å². The van der Waals surface area contributed by atoms with E-state index in [1.165, 1.54) is 16.1 Å². The highest BCUT2D eigenvalue weighted by Gasteiger charge is 2.11. The summed E-state index contributed by atoms with van der Waals surface area (Å²) in [5, 5.41) is 6.32. The zero-order valence-corrected chi connectivity index (χ0v) is 13.6. The molecule has 1 aromatic heterocycles. The van der Waals surface area contributed by atoms with Gasteiger partial charge >= 0.3 is 0 Å². The maximum absolute atomic E-state index is 6.19. The van der Waals surface area contributed by atoms with Crippen LogP contribution in [0, 0.1) is 0 Å². The Bertz CT molecular complexity index is 525. The van der Waals surface area contributed by atoms with Crippen molar-refractivity contribution in [3.05, 3.63) is 51.2 Å². The first-order valence-electron chi connectivity index (χ1n) is 7.01. The predicted octanol–water partition coefficient (Wildman–Crippen LogP) is 4.54. The molecular formula is C16H21ClN2S. The molecule has 1 aromatic carbocycles. The van der Waals surface area contributed by atoms with Crippen LogP contribution in [0.4, 0.5) is 5.69 Å². The molecule has 0 amide bonds. The van der Waals surface area contributed by atoms with E-state index in [-0.39, 0.29) is 0 Å². The van der Waals surface area contributed by atoms with E-state index in [9.17, 15) is 0 Å². The van der Waals surface area contributed by atoms with Gasteiger partial charge in [-0.3, -0.25) is 0 Å². The van der Waals surface area contributed by atoms with Gasteiger partial charge in [0, 0.05) is 28.7 Å². The van der Waals surface area contributed by atoms with E-state index in [2.05, 4.69) is 53.7 Å². The van der Waals surface area contributed by atoms with E-state index in [1.54, 1.807) is 11.3 Å². The van der Waals surface area contributed by atoms with Crippen molar-refractivity contribution >= 4 is 28.6 Å². The van der Waals surface area contributed by atoms with Crippen LogP contribution < -0.4 is 10.2 Å². The topological polar surface area (TPSA) is 15.3 Å². The largest absolute Gasteiger partial charge is 0.366 e. The van der Waals surface area contributed by atoms with Crippen LogP contribution in [0.1, 0.15) is 24.3 Å². The normalized spacial score (nSPS) is 10.8. The number of hydrogen-bond acceptors (Lipinski definition) is 3. The number of anilines is 1. The third-order valence-electron chi connectivity index (χ3n) is 3.26. The maximum atomic E-state index is 6.19. The van der Waals surface area contributed by atoms with Gasteiger partial charge < -0.3 is 10.2 Å². The number of nitrogens with zero attached hydrogens (tertiary/aromatic N) is 1. The highest BCUT2D eigenvalue weighted by Crippen LogP contribution is 2.27. The van der Waals surface area contributed by atoms with Crippen molar-refractivity contribution in [3.8, 4) is 0 Å². The predicted molar refractivity (Wildman–Crippen MR) is 89.9 cm³/mol. The van der Waals surface area contributed by atoms with E-state index in [0.29, 0.717) is 0 Å². The molecule has 0 radical (unpaired) electrons. The molecule has 20 heavy (non-hydrogen) atoms. The first-order valence-corrected chi connectivity index (χ1v) is 8.26. The molecule has 2 nitrogen and oxygen atoms in total. The van der Waals surface area contributed by atoms with Crippen molar-refractivity contribution < 1.29 is 0 Å². The summed E-state index contributed by atoms with van der Waals surface area (Å²) in [7, 11) is 0. The Balaban J connectivity index is 2.24. The lowest BCUT2D eigenvalue weighted by molar-refractivity contribution is 0.719. The van der Waals surface area contributed by atoms with Crippen LogP contribution >= 0.6 is 22.9 Å². The Labute approximate surface area is 130 Å². The van der Waals surface area contributed by atoms with Crippen LogP contribution in [-0.2, 0) is 13.1 Å². The summed E-state index contributed by atoms with van der Waals surface area (Å²) < 4.78 is 0. The van der Waals surface area contributed by atoms with E-state index in [4.69, 9.17) is 11.6 Å². The Hall–Kier alpha value is -1.03. The fourth-order valence-corrected chi connectivity index (χ4v) is 3.08. The van der Waals surface area contributed by atoms with Gasteiger partial charge in [0.25, 0.3) is 0 Å². The molecule has 0 aliphatic heterocycles. The maximum Gasteiger partial charge on any atom is 0.0522 e. The first-order chi connectivity index (χ1) is 9.74. The van der Waals surface area contributed by atoms with E-state index in [0.717, 1.165) is 31.2 Å². The first kappa shape index (κ1) is 15.4. The second-order valence-electron chi connectivity index (χ2n) is 4.65. The third kappa shape index (κ3) is 3.98. The van der Waals surface area contributed by atoms with Crippen molar-refractivity contribution in [2.75, 3.05) is 18.0 Å². The summed E-state index contributed by atoms with van der Waals surface area (Å²) in [5.41, 5.74) is 2.53. The molecule has 108 valence electrons. The zero-order valence-electron chi connectivity index (χ0n) is 12.0. The van der Waals surface area contributed by atoms with Crippen LogP contribution in [-0.4, -0.2) is 13.1 Å². The Morgan fingerprint density at radius 1 is 1.25 bits per heavy atom. The lowest BCUT2D eigenvalue weighted by Crippen LogP contribution is -2.24. The molecule has 0 bridgehead atoms. The van der Waals surface area contributed by atoms with Crippen LogP contribution in [0.15, 0.2) is 35.7 Å². The van der Waals surface area contributed by atoms with Gasteiger partial charge in [0.05, 0.1) is 6.54 Å². The molecule has 0 unspecified atom stereocenters. The van der Waals surface area contributed by atoms with Crippen LogP contribution in [0.5, 0.6) is 0 Å². The molecule has 4 heteroatoms. The monoisotopic (exact) mass is 308 g/mol. The summed E-state index contributed by atoms with van der Waals surface area (Å²) in [4.78, 5) is 3.76. The van der Waals surface area contributed by atoms with Crippen molar-refractivity contribution in [1.82, 2.24) is 5.32 Å². The van der Waals surface area contributed by atoms with E-state index < -0.39 is 0 Å². The average Bonchev–Trinajstić information content (AvgIpc) is 2.96. The van der Waals surface area contributed by atoms with Gasteiger partial charge in [-0.25, -0.2) is 0 Å². The molecule has 0 aliphatic rings. The smallest absolute Gasteiger partial charge is 0.0522 e. The number of benzene rings is 1. The summed E-state index contributed by atoms with van der Waals surface area (Å²) >= 11 is 7.99. The number of hydrogen-bond donors (Lipinski definition) is 1. The summed E-state index contributed by atoms with van der Waals surface area (Å²) in [5.74, 6) is 0. The quantitative estimate of drug-likeness (QED) is 0.808. The minimum atomic E-state index is 0.796. The van der Waals surface area contributed by atoms with Crippen molar-refractivity contribution in [1.29, 1.82) is 0 Å². The molecule has 0 saturated heterocycles. The molecular weight excluding hydrogens is 288 g/mol. The molecule has 0 saturated carbocycles. The summed E-state index contributed by atoms with van der Waals surface area (Å²) in [6.45, 7) is 8.07. The molecule has 2 rings (SSSR count). The zero-order chi connectivity index (χ0) is 14.4. The molecule has 0 aliphatic carbocycles. The lowest BCUT2D eigenvalue weighted by Gasteiger charge is -2.25. The standard InChI is InChI=1S/C16H21ClN2S/c1-3-18-11-13-7-8-14(17)10-16(13)19(4-2)12-15-6-5-9-20-15/h5-10,18H,3-4,11-12H2,1-2H3. The van der Waals surface area contributed by atoms with Crippen molar-refractivity contribution in [2.45, 2.75) is 26.9 Å². The van der Waals surface area contributed by atoms with Crippen LogP contribution in [0.2, 0.25) is 5.02 Å². The SMILES string of the molecule is CCNCc1ccc(Cl)cc1N(CC)Cc1cccs1. The number of halogens is 1. The van der Waals surface area contributed by atoms with Crippen molar-refractivity contribution in [2.24, 2.45) is 0 Å². The lowest BCUT2D eigenvalue weighted by atomic mass is 10.1. The molecule has 0 atom stereocenters. The van der Waals surface area contributed by atoms with E-state index in [1.807, 2.05) is 6.07 Å². The average molecular weight is 309 g/mol. The number of thiophene rings is 1. The highest BCUT2D eigenvalue weighted by atomic mass is 35.5. The Morgan fingerprint density at radius 3 is 2.75 bits per heavy atom. The van der Waals surface area contributed by atoms with Gasteiger partial charge in [0.1, 0.15) is 0 Å². The minimum Gasteiger partial charge on any atom is -0.366 e. The number of rotatable bonds is 7. The summed E-state index contributed by atoms with van der Waals surface area (Å²) in [6.07, 6.45) is 0. The van der Waals surface area contributed by atoms with Gasteiger partial charge in [-0.1, -0.05) is 30.7 Å². The Morgan fingerprint density at radius 2 is 2.10 bits per heavy atom. The van der Waals surface area contributed by atoms with Gasteiger partial charge in [0.15, 0.2) is 0 Å². The summed E-state index contributed by atoms with van der Waals surface area (Å²) in [6, 6.07) is 10.5. The van der Waals surface area contributed by atoms with Gasteiger partial charge in [0.2, 0.25) is 0 Å². The molecule has 1 N–H and O–H groups in total. The fraction of sp³-hybridized carbons (Fsp3) is 0.375. The molecule has 1 heterocycles.